The van der Waals surface area contributed by atoms with Gasteiger partial charge in [0.15, 0.2) is 4.90 Å². The van der Waals surface area contributed by atoms with Crippen LogP contribution < -0.4 is 4.72 Å². The fraction of sp³-hybridized carbons (Fsp3) is 0.167. The molecule has 2 rings (SSSR count). The summed E-state index contributed by atoms with van der Waals surface area (Å²) in [5.41, 5.74) is 1.06. The zero-order valence-corrected chi connectivity index (χ0v) is 11.3. The predicted molar refractivity (Wildman–Crippen MR) is 67.2 cm³/mol. The van der Waals surface area contributed by atoms with Crippen LogP contribution in [0.3, 0.4) is 0 Å². The van der Waals surface area contributed by atoms with Crippen molar-refractivity contribution in [3.8, 4) is 0 Å². The summed E-state index contributed by atoms with van der Waals surface area (Å²) < 4.78 is 52.8. The van der Waals surface area contributed by atoms with Gasteiger partial charge in [0.1, 0.15) is 18.0 Å². The van der Waals surface area contributed by atoms with Crippen LogP contribution in [-0.4, -0.2) is 18.4 Å². The van der Waals surface area contributed by atoms with Gasteiger partial charge in [-0.1, -0.05) is 6.07 Å². The van der Waals surface area contributed by atoms with Gasteiger partial charge in [0.05, 0.1) is 12.2 Å². The van der Waals surface area contributed by atoms with Crippen LogP contribution in [0.15, 0.2) is 35.5 Å². The van der Waals surface area contributed by atoms with Gasteiger partial charge >= 0.3 is 0 Å². The maximum Gasteiger partial charge on any atom is 0.246 e. The molecule has 0 aliphatic rings. The smallest absolute Gasteiger partial charge is 0.242 e. The van der Waals surface area contributed by atoms with Crippen molar-refractivity contribution in [2.45, 2.75) is 18.4 Å². The molecule has 8 heteroatoms. The molecule has 2 aromatic rings. The summed E-state index contributed by atoms with van der Waals surface area (Å²) in [6.45, 7) is 1.54. The number of hydrogen-bond donors (Lipinski definition) is 1. The molecule has 0 saturated heterocycles. The average molecular weight is 299 g/mol. The van der Waals surface area contributed by atoms with E-state index >= 15 is 0 Å². The van der Waals surface area contributed by atoms with Crippen LogP contribution in [0.2, 0.25) is 0 Å². The van der Waals surface area contributed by atoms with Crippen LogP contribution in [0.25, 0.3) is 0 Å². The number of aromatic nitrogens is 2. The second-order valence-electron chi connectivity index (χ2n) is 4.03. The molecule has 0 saturated carbocycles. The second kappa shape index (κ2) is 5.59. The third-order valence-electron chi connectivity index (χ3n) is 2.49. The van der Waals surface area contributed by atoms with Crippen molar-refractivity contribution in [1.82, 2.24) is 14.7 Å². The predicted octanol–water partition coefficient (Wildman–Crippen LogP) is 1.54. The Hall–Kier alpha value is -1.93. The van der Waals surface area contributed by atoms with Crippen LogP contribution in [0.5, 0.6) is 0 Å². The Morgan fingerprint density at radius 2 is 1.85 bits per heavy atom. The van der Waals surface area contributed by atoms with E-state index in [9.17, 15) is 17.2 Å². The van der Waals surface area contributed by atoms with Gasteiger partial charge in [-0.25, -0.2) is 31.9 Å². The Kier molecular flexibility index (Phi) is 4.05. The molecule has 0 aliphatic heterocycles. The van der Waals surface area contributed by atoms with Crippen molar-refractivity contribution < 1.29 is 17.2 Å². The third-order valence-corrected chi connectivity index (χ3v) is 3.94. The highest BCUT2D eigenvalue weighted by molar-refractivity contribution is 7.89. The van der Waals surface area contributed by atoms with E-state index in [1.807, 2.05) is 0 Å². The molecule has 1 heterocycles. The molecule has 1 aromatic heterocycles. The molecule has 106 valence electrons. The standard InChI is InChI=1S/C12H11F2N3O2S/c1-8-5-9(16-7-15-8)6-17-20(18,19)12-10(13)3-2-4-11(12)14/h2-5,7,17H,6H2,1H3. The summed E-state index contributed by atoms with van der Waals surface area (Å²) in [4.78, 5) is 6.72. The van der Waals surface area contributed by atoms with Gasteiger partial charge in [-0.05, 0) is 25.1 Å². The van der Waals surface area contributed by atoms with Crippen LogP contribution in [-0.2, 0) is 16.6 Å². The van der Waals surface area contributed by atoms with Gasteiger partial charge in [-0.15, -0.1) is 0 Å². The van der Waals surface area contributed by atoms with E-state index in [-0.39, 0.29) is 6.54 Å². The average Bonchev–Trinajstić information content (AvgIpc) is 2.36. The first-order chi connectivity index (χ1) is 9.40. The molecule has 0 bridgehead atoms. The Labute approximate surface area is 114 Å². The highest BCUT2D eigenvalue weighted by Gasteiger charge is 2.23. The Bertz CT molecular complexity index is 715. The number of nitrogens with zero attached hydrogens (tertiary/aromatic N) is 2. The first-order valence-electron chi connectivity index (χ1n) is 5.61. The minimum absolute atomic E-state index is 0.181. The molecule has 20 heavy (non-hydrogen) atoms. The number of nitrogens with one attached hydrogen (secondary N) is 1. The quantitative estimate of drug-likeness (QED) is 0.929. The molecule has 5 nitrogen and oxygen atoms in total. The highest BCUT2D eigenvalue weighted by Crippen LogP contribution is 2.18. The van der Waals surface area contributed by atoms with Crippen LogP contribution in [0.4, 0.5) is 8.78 Å². The van der Waals surface area contributed by atoms with Gasteiger partial charge in [-0.3, -0.25) is 0 Å². The summed E-state index contributed by atoms with van der Waals surface area (Å²) in [5, 5.41) is 0. The van der Waals surface area contributed by atoms with E-state index in [1.165, 1.54) is 6.33 Å². The van der Waals surface area contributed by atoms with Gasteiger partial charge in [0.25, 0.3) is 0 Å². The largest absolute Gasteiger partial charge is 0.246 e. The number of halogens is 2. The van der Waals surface area contributed by atoms with Crippen molar-refractivity contribution in [3.63, 3.8) is 0 Å². The fourth-order valence-electron chi connectivity index (χ4n) is 1.59. The SMILES string of the molecule is Cc1cc(CNS(=O)(=O)c2c(F)cccc2F)ncn1. The summed E-state index contributed by atoms with van der Waals surface area (Å²) in [5.74, 6) is -2.28. The molecular formula is C12H11F2N3O2S. The molecule has 1 aromatic carbocycles. The normalized spacial score (nSPS) is 11.6. The highest BCUT2D eigenvalue weighted by atomic mass is 32.2. The third kappa shape index (κ3) is 3.14. The van der Waals surface area contributed by atoms with E-state index in [0.717, 1.165) is 18.2 Å². The van der Waals surface area contributed by atoms with E-state index in [2.05, 4.69) is 14.7 Å². The fourth-order valence-corrected chi connectivity index (χ4v) is 2.72. The number of hydrogen-bond acceptors (Lipinski definition) is 4. The molecule has 0 unspecified atom stereocenters. The van der Waals surface area contributed by atoms with Crippen molar-refractivity contribution in [2.24, 2.45) is 0 Å². The molecule has 0 amide bonds. The number of aryl methyl sites for hydroxylation is 1. The Morgan fingerprint density at radius 1 is 1.20 bits per heavy atom. The zero-order valence-electron chi connectivity index (χ0n) is 10.5. The van der Waals surface area contributed by atoms with Crippen LogP contribution in [0, 0.1) is 18.6 Å². The number of rotatable bonds is 4. The molecule has 0 radical (unpaired) electrons. The summed E-state index contributed by atoms with van der Waals surface area (Å²) in [6.07, 6.45) is 1.28. The van der Waals surface area contributed by atoms with Gasteiger partial charge in [-0.2, -0.15) is 0 Å². The van der Waals surface area contributed by atoms with E-state index in [0.29, 0.717) is 11.4 Å². The maximum atomic E-state index is 13.5. The summed E-state index contributed by atoms with van der Waals surface area (Å²) >= 11 is 0. The van der Waals surface area contributed by atoms with E-state index in [1.54, 1.807) is 13.0 Å². The second-order valence-corrected chi connectivity index (χ2v) is 5.73. The van der Waals surface area contributed by atoms with Crippen LogP contribution >= 0.6 is 0 Å². The molecule has 0 aliphatic carbocycles. The number of sulfonamides is 1. The van der Waals surface area contributed by atoms with Crippen molar-refractivity contribution in [2.75, 3.05) is 0 Å². The minimum Gasteiger partial charge on any atom is -0.242 e. The van der Waals surface area contributed by atoms with Crippen molar-refractivity contribution >= 4 is 10.0 Å². The maximum absolute atomic E-state index is 13.5. The summed E-state index contributed by atoms with van der Waals surface area (Å²) in [6, 6.07) is 4.43. The van der Waals surface area contributed by atoms with Crippen molar-refractivity contribution in [3.05, 3.63) is 53.6 Å². The lowest BCUT2D eigenvalue weighted by Crippen LogP contribution is -2.25. The Balaban J connectivity index is 2.24. The lowest BCUT2D eigenvalue weighted by atomic mass is 10.3. The first kappa shape index (κ1) is 14.5. The van der Waals surface area contributed by atoms with Gasteiger partial charge in [0, 0.05) is 5.69 Å². The molecule has 0 fully saturated rings. The Morgan fingerprint density at radius 3 is 2.45 bits per heavy atom. The lowest BCUT2D eigenvalue weighted by Gasteiger charge is -2.08. The lowest BCUT2D eigenvalue weighted by molar-refractivity contribution is 0.513. The van der Waals surface area contributed by atoms with E-state index < -0.39 is 26.6 Å². The zero-order chi connectivity index (χ0) is 14.8. The minimum atomic E-state index is -4.29. The van der Waals surface area contributed by atoms with Gasteiger partial charge in [0.2, 0.25) is 10.0 Å². The molecule has 1 N–H and O–H groups in total. The molecule has 0 spiro atoms. The van der Waals surface area contributed by atoms with Gasteiger partial charge < -0.3 is 0 Å². The topological polar surface area (TPSA) is 72.0 Å². The van der Waals surface area contributed by atoms with Crippen molar-refractivity contribution in [1.29, 1.82) is 0 Å². The monoisotopic (exact) mass is 299 g/mol. The molecular weight excluding hydrogens is 288 g/mol. The summed E-state index contributed by atoms with van der Waals surface area (Å²) in [7, 11) is -4.29. The number of benzene rings is 1. The first-order valence-corrected chi connectivity index (χ1v) is 7.09. The van der Waals surface area contributed by atoms with E-state index in [4.69, 9.17) is 0 Å². The van der Waals surface area contributed by atoms with Crippen LogP contribution in [0.1, 0.15) is 11.4 Å². The molecule has 0 atom stereocenters.